The van der Waals surface area contributed by atoms with E-state index in [1.807, 2.05) is 13.0 Å². The maximum atomic E-state index is 9.73. The van der Waals surface area contributed by atoms with Crippen molar-refractivity contribution in [3.63, 3.8) is 0 Å². The molecule has 0 aliphatic carbocycles. The van der Waals surface area contributed by atoms with Gasteiger partial charge in [-0.25, -0.2) is 0 Å². The summed E-state index contributed by atoms with van der Waals surface area (Å²) in [7, 11) is 3.19. The standard InChI is InChI=1S/C11H16O3.ClH/c1-4-10(12)9-7-8(13-2)5-6-11(9)14-3;/h5-7,10,12H,4H2,1-3H3;1H. The Morgan fingerprint density at radius 3 is 2.40 bits per heavy atom. The molecule has 0 aliphatic heterocycles. The molecule has 1 unspecified atom stereocenters. The summed E-state index contributed by atoms with van der Waals surface area (Å²) in [6.07, 6.45) is 0.156. The first-order chi connectivity index (χ1) is 6.72. The molecule has 1 rings (SSSR count). The highest BCUT2D eigenvalue weighted by molar-refractivity contribution is 5.85. The summed E-state index contributed by atoms with van der Waals surface area (Å²) in [6, 6.07) is 5.41. The molecule has 0 aromatic heterocycles. The fraction of sp³-hybridized carbons (Fsp3) is 0.455. The number of hydrogen-bond acceptors (Lipinski definition) is 3. The van der Waals surface area contributed by atoms with Gasteiger partial charge in [0.25, 0.3) is 0 Å². The second-order valence-electron chi connectivity index (χ2n) is 3.03. The van der Waals surface area contributed by atoms with Crippen LogP contribution >= 0.6 is 12.4 Å². The molecule has 4 heteroatoms. The van der Waals surface area contributed by atoms with Crippen LogP contribution in [0.25, 0.3) is 0 Å². The van der Waals surface area contributed by atoms with Crippen LogP contribution in [0.1, 0.15) is 25.0 Å². The highest BCUT2D eigenvalue weighted by atomic mass is 35.5. The van der Waals surface area contributed by atoms with Gasteiger partial charge in [0.05, 0.1) is 20.3 Å². The van der Waals surface area contributed by atoms with Gasteiger partial charge in [0.1, 0.15) is 11.5 Å². The van der Waals surface area contributed by atoms with E-state index in [4.69, 9.17) is 9.47 Å². The van der Waals surface area contributed by atoms with Crippen molar-refractivity contribution in [2.24, 2.45) is 0 Å². The van der Waals surface area contributed by atoms with E-state index in [9.17, 15) is 5.11 Å². The molecule has 1 N–H and O–H groups in total. The Kier molecular flexibility index (Phi) is 6.13. The van der Waals surface area contributed by atoms with Gasteiger partial charge in [-0.2, -0.15) is 0 Å². The van der Waals surface area contributed by atoms with Crippen molar-refractivity contribution in [3.8, 4) is 11.5 Å². The zero-order valence-corrected chi connectivity index (χ0v) is 10.0. The quantitative estimate of drug-likeness (QED) is 0.867. The first-order valence-electron chi connectivity index (χ1n) is 4.63. The predicted octanol–water partition coefficient (Wildman–Crippen LogP) is 2.57. The van der Waals surface area contributed by atoms with Gasteiger partial charge in [0.15, 0.2) is 0 Å². The topological polar surface area (TPSA) is 38.7 Å². The summed E-state index contributed by atoms with van der Waals surface area (Å²) in [5.74, 6) is 1.42. The fourth-order valence-electron chi connectivity index (χ4n) is 1.32. The van der Waals surface area contributed by atoms with Gasteiger partial charge < -0.3 is 14.6 Å². The SMILES string of the molecule is CCC(O)c1cc(OC)ccc1OC.Cl. The predicted molar refractivity (Wildman–Crippen MR) is 62.0 cm³/mol. The second kappa shape index (κ2) is 6.53. The molecule has 3 nitrogen and oxygen atoms in total. The molecule has 0 amide bonds. The Labute approximate surface area is 96.4 Å². The lowest BCUT2D eigenvalue weighted by Gasteiger charge is -2.14. The molecule has 86 valence electrons. The van der Waals surface area contributed by atoms with Crippen LogP contribution in [0.4, 0.5) is 0 Å². The van der Waals surface area contributed by atoms with E-state index in [0.29, 0.717) is 12.2 Å². The van der Waals surface area contributed by atoms with E-state index < -0.39 is 6.10 Å². The Morgan fingerprint density at radius 1 is 1.27 bits per heavy atom. The van der Waals surface area contributed by atoms with Crippen LogP contribution in [0.3, 0.4) is 0 Å². The van der Waals surface area contributed by atoms with Gasteiger partial charge in [0, 0.05) is 5.56 Å². The largest absolute Gasteiger partial charge is 0.497 e. The average Bonchev–Trinajstić information content (AvgIpc) is 2.27. The maximum absolute atomic E-state index is 9.73. The highest BCUT2D eigenvalue weighted by Crippen LogP contribution is 2.30. The Bertz CT molecular complexity index is 302. The first-order valence-corrected chi connectivity index (χ1v) is 4.63. The zero-order chi connectivity index (χ0) is 10.6. The van der Waals surface area contributed by atoms with Gasteiger partial charge in [0.2, 0.25) is 0 Å². The number of halogens is 1. The summed E-state index contributed by atoms with van der Waals surface area (Å²) in [6.45, 7) is 1.92. The molecule has 0 radical (unpaired) electrons. The van der Waals surface area contributed by atoms with Crippen LogP contribution in [-0.4, -0.2) is 19.3 Å². The van der Waals surface area contributed by atoms with Crippen LogP contribution in [-0.2, 0) is 0 Å². The lowest BCUT2D eigenvalue weighted by molar-refractivity contribution is 0.169. The van der Waals surface area contributed by atoms with Crippen molar-refractivity contribution in [1.29, 1.82) is 0 Å². The number of aliphatic hydroxyl groups excluding tert-OH is 1. The molecule has 0 saturated carbocycles. The average molecular weight is 233 g/mol. The third-order valence-corrected chi connectivity index (χ3v) is 2.18. The van der Waals surface area contributed by atoms with Crippen molar-refractivity contribution < 1.29 is 14.6 Å². The summed E-state index contributed by atoms with van der Waals surface area (Å²) in [4.78, 5) is 0. The van der Waals surface area contributed by atoms with E-state index >= 15 is 0 Å². The van der Waals surface area contributed by atoms with Gasteiger partial charge in [-0.1, -0.05) is 6.92 Å². The van der Waals surface area contributed by atoms with E-state index in [-0.39, 0.29) is 12.4 Å². The van der Waals surface area contributed by atoms with Gasteiger partial charge in [-0.3, -0.25) is 0 Å². The number of rotatable bonds is 4. The molecule has 1 aromatic rings. The Hall–Kier alpha value is -0.930. The third-order valence-electron chi connectivity index (χ3n) is 2.18. The summed E-state index contributed by atoms with van der Waals surface area (Å²) in [5.41, 5.74) is 0.773. The Balaban J connectivity index is 0.00000196. The number of aliphatic hydroxyl groups is 1. The lowest BCUT2D eigenvalue weighted by atomic mass is 10.1. The van der Waals surface area contributed by atoms with Crippen molar-refractivity contribution in [1.82, 2.24) is 0 Å². The van der Waals surface area contributed by atoms with E-state index in [1.165, 1.54) is 0 Å². The summed E-state index contributed by atoms with van der Waals surface area (Å²) in [5, 5.41) is 9.73. The molecule has 0 bridgehead atoms. The highest BCUT2D eigenvalue weighted by Gasteiger charge is 2.12. The van der Waals surface area contributed by atoms with Crippen LogP contribution in [0, 0.1) is 0 Å². The molecule has 0 fully saturated rings. The van der Waals surface area contributed by atoms with Crippen molar-refractivity contribution >= 4 is 12.4 Å². The van der Waals surface area contributed by atoms with Crippen molar-refractivity contribution in [2.45, 2.75) is 19.4 Å². The zero-order valence-electron chi connectivity index (χ0n) is 9.19. The fourth-order valence-corrected chi connectivity index (χ4v) is 1.32. The van der Waals surface area contributed by atoms with Gasteiger partial charge in [-0.05, 0) is 24.6 Å². The number of ether oxygens (including phenoxy) is 2. The molecule has 0 aliphatic rings. The number of hydrogen-bond donors (Lipinski definition) is 1. The molecular formula is C11H17ClO3. The minimum Gasteiger partial charge on any atom is -0.497 e. The van der Waals surface area contributed by atoms with Crippen LogP contribution in [0.15, 0.2) is 18.2 Å². The van der Waals surface area contributed by atoms with Crippen molar-refractivity contribution in [3.05, 3.63) is 23.8 Å². The molecule has 0 spiro atoms. The maximum Gasteiger partial charge on any atom is 0.124 e. The normalized spacial score (nSPS) is 11.5. The number of benzene rings is 1. The van der Waals surface area contributed by atoms with Gasteiger partial charge in [-0.15, -0.1) is 12.4 Å². The monoisotopic (exact) mass is 232 g/mol. The second-order valence-corrected chi connectivity index (χ2v) is 3.03. The first kappa shape index (κ1) is 14.1. The molecular weight excluding hydrogens is 216 g/mol. The van der Waals surface area contributed by atoms with Crippen LogP contribution in [0.2, 0.25) is 0 Å². The molecule has 0 saturated heterocycles. The van der Waals surface area contributed by atoms with Gasteiger partial charge >= 0.3 is 0 Å². The molecule has 15 heavy (non-hydrogen) atoms. The lowest BCUT2D eigenvalue weighted by Crippen LogP contribution is -1.99. The smallest absolute Gasteiger partial charge is 0.124 e. The third kappa shape index (κ3) is 3.29. The van der Waals surface area contributed by atoms with Crippen LogP contribution in [0.5, 0.6) is 11.5 Å². The molecule has 1 atom stereocenters. The van der Waals surface area contributed by atoms with E-state index in [0.717, 1.165) is 11.3 Å². The molecule has 0 heterocycles. The minimum absolute atomic E-state index is 0. The summed E-state index contributed by atoms with van der Waals surface area (Å²) >= 11 is 0. The Morgan fingerprint density at radius 2 is 1.93 bits per heavy atom. The van der Waals surface area contributed by atoms with Crippen LogP contribution < -0.4 is 9.47 Å². The van der Waals surface area contributed by atoms with Crippen molar-refractivity contribution in [2.75, 3.05) is 14.2 Å². The van der Waals surface area contributed by atoms with E-state index in [1.54, 1.807) is 26.4 Å². The minimum atomic E-state index is -0.500. The molecule has 1 aromatic carbocycles. The van der Waals surface area contributed by atoms with E-state index in [2.05, 4.69) is 0 Å². The summed E-state index contributed by atoms with van der Waals surface area (Å²) < 4.78 is 10.2. The number of methoxy groups -OCH3 is 2.